The Morgan fingerprint density at radius 1 is 1.38 bits per heavy atom. The Kier molecular flexibility index (Phi) is 4.13. The van der Waals surface area contributed by atoms with Crippen molar-refractivity contribution in [3.63, 3.8) is 0 Å². The van der Waals surface area contributed by atoms with Crippen molar-refractivity contribution in [3.8, 4) is 0 Å². The minimum Gasteiger partial charge on any atom is -0.477 e. The second-order valence-corrected chi connectivity index (χ2v) is 5.97. The number of thiazole rings is 1. The third-order valence-electron chi connectivity index (χ3n) is 3.21. The van der Waals surface area contributed by atoms with Gasteiger partial charge in [-0.2, -0.15) is 0 Å². The van der Waals surface area contributed by atoms with Crippen LogP contribution in [-0.4, -0.2) is 27.0 Å². The summed E-state index contributed by atoms with van der Waals surface area (Å²) in [5.74, 6) is -1.13. The molecule has 0 fully saturated rings. The lowest BCUT2D eigenvalue weighted by Gasteiger charge is -2.03. The van der Waals surface area contributed by atoms with Crippen LogP contribution >= 0.6 is 11.3 Å². The van der Waals surface area contributed by atoms with Crippen LogP contribution < -0.4 is 5.32 Å². The topological polar surface area (TPSA) is 95.1 Å². The number of rotatable bonds is 4. The summed E-state index contributed by atoms with van der Waals surface area (Å²) in [5, 5.41) is 14.2. The Morgan fingerprint density at radius 2 is 2.05 bits per heavy atom. The van der Waals surface area contributed by atoms with E-state index in [1.807, 2.05) is 19.2 Å². The van der Waals surface area contributed by atoms with Gasteiger partial charge in [-0.15, -0.1) is 11.3 Å². The highest BCUT2D eigenvalue weighted by Crippen LogP contribution is 2.24. The summed E-state index contributed by atoms with van der Waals surface area (Å²) < 4.78 is 0. The van der Waals surface area contributed by atoms with E-state index in [9.17, 15) is 9.59 Å². The van der Waals surface area contributed by atoms with E-state index in [0.717, 1.165) is 5.69 Å². The Balaban J connectivity index is 2.26. The maximum Gasteiger partial charge on any atom is 0.352 e. The molecule has 2 aromatic heterocycles. The third-order valence-corrected chi connectivity index (χ3v) is 3.99. The Hall–Kier alpha value is -2.15. The molecule has 0 saturated heterocycles. The van der Waals surface area contributed by atoms with E-state index in [1.54, 1.807) is 13.8 Å². The summed E-state index contributed by atoms with van der Waals surface area (Å²) in [4.78, 5) is 30.4. The molecular formula is C14H17N3O3S. The van der Waals surface area contributed by atoms with E-state index < -0.39 is 5.97 Å². The Morgan fingerprint density at radius 3 is 2.52 bits per heavy atom. The molecule has 3 N–H and O–H groups in total. The first-order chi connectivity index (χ1) is 9.81. The highest BCUT2D eigenvalue weighted by Gasteiger charge is 2.22. The van der Waals surface area contributed by atoms with Crippen LogP contribution in [0.5, 0.6) is 0 Å². The molecule has 7 heteroatoms. The van der Waals surface area contributed by atoms with Crippen LogP contribution in [0.15, 0.2) is 5.38 Å². The zero-order chi connectivity index (χ0) is 15.7. The monoisotopic (exact) mass is 307 g/mol. The molecule has 0 bridgehead atoms. The number of hydrogen-bond donors (Lipinski definition) is 3. The fourth-order valence-corrected chi connectivity index (χ4v) is 2.94. The summed E-state index contributed by atoms with van der Waals surface area (Å²) in [6.45, 7) is 7.35. The Bertz CT molecular complexity index is 700. The summed E-state index contributed by atoms with van der Waals surface area (Å²) in [6.07, 6.45) is 0. The summed E-state index contributed by atoms with van der Waals surface area (Å²) >= 11 is 1.36. The molecule has 0 aliphatic heterocycles. The predicted octanol–water partition coefficient (Wildman–Crippen LogP) is 3.16. The lowest BCUT2D eigenvalue weighted by Crippen LogP contribution is -2.14. The van der Waals surface area contributed by atoms with Gasteiger partial charge in [0.05, 0.1) is 11.3 Å². The molecule has 0 radical (unpaired) electrons. The molecule has 21 heavy (non-hydrogen) atoms. The van der Waals surface area contributed by atoms with Crippen LogP contribution in [0, 0.1) is 13.8 Å². The molecule has 0 aromatic carbocycles. The molecule has 112 valence electrons. The minimum atomic E-state index is -1.08. The average molecular weight is 307 g/mol. The van der Waals surface area contributed by atoms with Gasteiger partial charge in [0.15, 0.2) is 5.13 Å². The standard InChI is InChI=1S/C14H17N3O3S/c1-6(2)9-5-21-14(16-9)17-12(18)10-7(3)11(13(19)20)15-8(10)4/h5-6,15H,1-4H3,(H,19,20)(H,16,17,18). The quantitative estimate of drug-likeness (QED) is 0.808. The van der Waals surface area contributed by atoms with Crippen molar-refractivity contribution in [2.45, 2.75) is 33.6 Å². The molecule has 6 nitrogen and oxygen atoms in total. The predicted molar refractivity (Wildman–Crippen MR) is 81.4 cm³/mol. The first-order valence-electron chi connectivity index (χ1n) is 6.50. The number of carbonyl (C=O) groups is 2. The number of nitrogens with zero attached hydrogens (tertiary/aromatic N) is 1. The normalized spacial score (nSPS) is 10.9. The van der Waals surface area contributed by atoms with Gasteiger partial charge in [-0.3, -0.25) is 10.1 Å². The number of nitrogens with one attached hydrogen (secondary N) is 2. The highest BCUT2D eigenvalue weighted by molar-refractivity contribution is 7.14. The SMILES string of the molecule is Cc1[nH]c(C(=O)O)c(C)c1C(=O)Nc1nc(C(C)C)cs1. The van der Waals surface area contributed by atoms with Gasteiger partial charge in [0, 0.05) is 11.1 Å². The van der Waals surface area contributed by atoms with E-state index in [2.05, 4.69) is 15.3 Å². The number of aromatic nitrogens is 2. The van der Waals surface area contributed by atoms with E-state index in [1.165, 1.54) is 11.3 Å². The molecule has 0 unspecified atom stereocenters. The van der Waals surface area contributed by atoms with Crippen molar-refractivity contribution >= 4 is 28.3 Å². The zero-order valence-electron chi connectivity index (χ0n) is 12.3. The average Bonchev–Trinajstić information content (AvgIpc) is 2.94. The van der Waals surface area contributed by atoms with E-state index >= 15 is 0 Å². The van der Waals surface area contributed by atoms with Crippen molar-refractivity contribution in [2.24, 2.45) is 0 Å². The van der Waals surface area contributed by atoms with E-state index in [0.29, 0.717) is 27.9 Å². The van der Waals surface area contributed by atoms with Gasteiger partial charge in [0.1, 0.15) is 5.69 Å². The minimum absolute atomic E-state index is 0.0414. The molecular weight excluding hydrogens is 290 g/mol. The Labute approximate surface area is 126 Å². The fourth-order valence-electron chi connectivity index (χ4n) is 2.07. The number of hydrogen-bond acceptors (Lipinski definition) is 4. The van der Waals surface area contributed by atoms with Crippen molar-refractivity contribution in [3.05, 3.63) is 33.6 Å². The summed E-state index contributed by atoms with van der Waals surface area (Å²) in [7, 11) is 0. The van der Waals surface area contributed by atoms with Gasteiger partial charge in [-0.1, -0.05) is 13.8 Å². The number of H-pyrrole nitrogens is 1. The first kappa shape index (κ1) is 15.2. The van der Waals surface area contributed by atoms with Crippen LogP contribution in [-0.2, 0) is 0 Å². The number of aromatic amines is 1. The lowest BCUT2D eigenvalue weighted by atomic mass is 10.1. The maximum absolute atomic E-state index is 12.3. The molecule has 2 heterocycles. The molecule has 2 rings (SSSR count). The molecule has 0 aliphatic carbocycles. The van der Waals surface area contributed by atoms with Gasteiger partial charge < -0.3 is 10.1 Å². The van der Waals surface area contributed by atoms with Crippen LogP contribution in [0.4, 0.5) is 5.13 Å². The maximum atomic E-state index is 12.3. The second-order valence-electron chi connectivity index (χ2n) is 5.12. The molecule has 0 atom stereocenters. The van der Waals surface area contributed by atoms with Gasteiger partial charge in [-0.25, -0.2) is 9.78 Å². The molecule has 0 spiro atoms. The van der Waals surface area contributed by atoms with Crippen LogP contribution in [0.25, 0.3) is 0 Å². The molecule has 0 saturated carbocycles. The van der Waals surface area contributed by atoms with Crippen LogP contribution in [0.1, 0.15) is 57.6 Å². The largest absolute Gasteiger partial charge is 0.477 e. The zero-order valence-corrected chi connectivity index (χ0v) is 13.1. The molecule has 0 aliphatic rings. The number of carboxylic acid groups (broad SMARTS) is 1. The van der Waals surface area contributed by atoms with Crippen molar-refractivity contribution in [2.75, 3.05) is 5.32 Å². The summed E-state index contributed by atoms with van der Waals surface area (Å²) in [5.41, 5.74) is 2.28. The molecule has 1 amide bonds. The molecule has 2 aromatic rings. The van der Waals surface area contributed by atoms with Gasteiger partial charge >= 0.3 is 5.97 Å². The number of anilines is 1. The number of amides is 1. The van der Waals surface area contributed by atoms with E-state index in [4.69, 9.17) is 5.11 Å². The number of carboxylic acids is 1. The smallest absolute Gasteiger partial charge is 0.352 e. The highest BCUT2D eigenvalue weighted by atomic mass is 32.1. The number of aryl methyl sites for hydroxylation is 1. The van der Waals surface area contributed by atoms with Gasteiger partial charge in [-0.05, 0) is 25.3 Å². The van der Waals surface area contributed by atoms with Crippen LogP contribution in [0.2, 0.25) is 0 Å². The van der Waals surface area contributed by atoms with Gasteiger partial charge in [0.2, 0.25) is 0 Å². The number of aromatic carboxylic acids is 1. The first-order valence-corrected chi connectivity index (χ1v) is 7.38. The van der Waals surface area contributed by atoms with Crippen molar-refractivity contribution in [1.82, 2.24) is 9.97 Å². The summed E-state index contributed by atoms with van der Waals surface area (Å²) in [6, 6.07) is 0. The lowest BCUT2D eigenvalue weighted by molar-refractivity contribution is 0.0690. The third kappa shape index (κ3) is 2.97. The number of carbonyl (C=O) groups excluding carboxylic acids is 1. The second kappa shape index (κ2) is 5.69. The van der Waals surface area contributed by atoms with Gasteiger partial charge in [0.25, 0.3) is 5.91 Å². The van der Waals surface area contributed by atoms with Crippen molar-refractivity contribution < 1.29 is 14.7 Å². The fraction of sp³-hybridized carbons (Fsp3) is 0.357. The van der Waals surface area contributed by atoms with Crippen molar-refractivity contribution in [1.29, 1.82) is 0 Å². The van der Waals surface area contributed by atoms with E-state index in [-0.39, 0.29) is 11.6 Å². The van der Waals surface area contributed by atoms with Crippen LogP contribution in [0.3, 0.4) is 0 Å².